The summed E-state index contributed by atoms with van der Waals surface area (Å²) in [4.78, 5) is 47.9. The summed E-state index contributed by atoms with van der Waals surface area (Å²) in [5.74, 6) is -1.85. The van der Waals surface area contributed by atoms with Crippen molar-refractivity contribution in [2.45, 2.75) is 0 Å². The number of amides is 3. The molecule has 0 saturated carbocycles. The van der Waals surface area contributed by atoms with Crippen LogP contribution >= 0.6 is 0 Å². The van der Waals surface area contributed by atoms with Gasteiger partial charge in [0.25, 0.3) is 5.91 Å². The van der Waals surface area contributed by atoms with Gasteiger partial charge in [-0.25, -0.2) is 0 Å². The molecule has 2 N–H and O–H groups in total. The molecule has 0 aliphatic carbocycles. The highest BCUT2D eigenvalue weighted by Crippen LogP contribution is 1.98. The van der Waals surface area contributed by atoms with E-state index in [9.17, 15) is 19.2 Å². The Morgan fingerprint density at radius 2 is 1.74 bits per heavy atom. The molecular formula is C11H18N4O4. The lowest BCUT2D eigenvalue weighted by Gasteiger charge is -2.32. The number of nitrogens with zero attached hydrogens (tertiary/aromatic N) is 2. The number of nitrogens with one attached hydrogen (secondary N) is 2. The van der Waals surface area contributed by atoms with E-state index in [1.165, 1.54) is 0 Å². The largest absolute Gasteiger partial charge is 0.351 e. The first-order valence-electron chi connectivity index (χ1n) is 5.99. The van der Waals surface area contributed by atoms with E-state index in [-0.39, 0.29) is 19.0 Å². The lowest BCUT2D eigenvalue weighted by atomic mass is 10.3. The van der Waals surface area contributed by atoms with Crippen LogP contribution < -0.4 is 10.6 Å². The molecule has 3 amide bonds. The van der Waals surface area contributed by atoms with Gasteiger partial charge in [-0.15, -0.1) is 0 Å². The fraction of sp³-hybridized carbons (Fsp3) is 0.636. The van der Waals surface area contributed by atoms with Crippen molar-refractivity contribution in [3.8, 4) is 0 Å². The predicted octanol–water partition coefficient (Wildman–Crippen LogP) is -2.81. The molecule has 0 radical (unpaired) electrons. The molecule has 8 nitrogen and oxygen atoms in total. The van der Waals surface area contributed by atoms with Crippen LogP contribution in [0.1, 0.15) is 0 Å². The maximum Gasteiger partial charge on any atom is 0.289 e. The minimum Gasteiger partial charge on any atom is -0.351 e. The van der Waals surface area contributed by atoms with Gasteiger partial charge in [0, 0.05) is 26.2 Å². The first kappa shape index (κ1) is 15.1. The summed E-state index contributed by atoms with van der Waals surface area (Å²) in [6.07, 6.45) is 0.334. The minimum absolute atomic E-state index is 0.199. The van der Waals surface area contributed by atoms with Crippen molar-refractivity contribution in [2.24, 2.45) is 0 Å². The predicted molar refractivity (Wildman–Crippen MR) is 66.2 cm³/mol. The smallest absolute Gasteiger partial charge is 0.289 e. The Kier molecular flexibility index (Phi) is 5.94. The van der Waals surface area contributed by atoms with Crippen LogP contribution in [0.4, 0.5) is 0 Å². The molecular weight excluding hydrogens is 252 g/mol. The topological polar surface area (TPSA) is 98.8 Å². The summed E-state index contributed by atoms with van der Waals surface area (Å²) in [5, 5.41) is 4.34. The molecule has 1 aliphatic rings. The van der Waals surface area contributed by atoms with Gasteiger partial charge in [0.2, 0.25) is 18.1 Å². The first-order valence-corrected chi connectivity index (χ1v) is 5.99. The van der Waals surface area contributed by atoms with Crippen molar-refractivity contribution in [2.75, 3.05) is 46.3 Å². The van der Waals surface area contributed by atoms with Gasteiger partial charge in [0.1, 0.15) is 0 Å². The lowest BCUT2D eigenvalue weighted by molar-refractivity contribution is -0.139. The third-order valence-electron chi connectivity index (χ3n) is 2.86. The number of piperazine rings is 1. The van der Waals surface area contributed by atoms with Gasteiger partial charge in [-0.05, 0) is 7.05 Å². The molecule has 1 rings (SSSR count). The summed E-state index contributed by atoms with van der Waals surface area (Å²) >= 11 is 0. The van der Waals surface area contributed by atoms with Crippen LogP contribution in [0.2, 0.25) is 0 Å². The zero-order valence-corrected chi connectivity index (χ0v) is 10.8. The summed E-state index contributed by atoms with van der Waals surface area (Å²) in [5.41, 5.74) is 0. The molecule has 0 bridgehead atoms. The van der Waals surface area contributed by atoms with E-state index in [1.807, 2.05) is 7.05 Å². The summed E-state index contributed by atoms with van der Waals surface area (Å²) < 4.78 is 0. The van der Waals surface area contributed by atoms with Gasteiger partial charge >= 0.3 is 0 Å². The van der Waals surface area contributed by atoms with Crippen molar-refractivity contribution in [3.63, 3.8) is 0 Å². The van der Waals surface area contributed by atoms with Gasteiger partial charge in [0.05, 0.1) is 13.1 Å². The normalized spacial score (nSPS) is 15.7. The molecule has 1 aliphatic heterocycles. The van der Waals surface area contributed by atoms with Crippen LogP contribution in [-0.2, 0) is 19.2 Å². The minimum atomic E-state index is -0.864. The Morgan fingerprint density at radius 1 is 1.11 bits per heavy atom. The molecule has 1 saturated heterocycles. The Bertz CT molecular complexity index is 364. The standard InChI is InChI=1S/C11H18N4O4/c1-14-2-4-15(5-3-14)10(18)7-13-11(19)9(17)6-12-8-16/h8H,2-7H2,1H3,(H,12,16)(H,13,19). The monoisotopic (exact) mass is 270 g/mol. The number of likely N-dealkylation sites (N-methyl/N-ethyl adjacent to an activating group) is 1. The average Bonchev–Trinajstić information content (AvgIpc) is 2.42. The molecule has 8 heteroatoms. The van der Waals surface area contributed by atoms with Crippen LogP contribution in [0.25, 0.3) is 0 Å². The van der Waals surface area contributed by atoms with Crippen molar-refractivity contribution in [1.82, 2.24) is 20.4 Å². The average molecular weight is 270 g/mol. The second-order valence-electron chi connectivity index (χ2n) is 4.29. The zero-order valence-electron chi connectivity index (χ0n) is 10.8. The first-order chi connectivity index (χ1) is 9.04. The summed E-state index contributed by atoms with van der Waals surface area (Å²) in [6.45, 7) is 2.26. The van der Waals surface area contributed by atoms with Gasteiger partial charge in [0.15, 0.2) is 0 Å². The van der Waals surface area contributed by atoms with Crippen LogP contribution in [0.3, 0.4) is 0 Å². The van der Waals surface area contributed by atoms with Crippen molar-refractivity contribution in [1.29, 1.82) is 0 Å². The maximum atomic E-state index is 11.8. The number of hydrogen-bond donors (Lipinski definition) is 2. The summed E-state index contributed by atoms with van der Waals surface area (Å²) in [6, 6.07) is 0. The Hall–Kier alpha value is -1.96. The molecule has 1 fully saturated rings. The van der Waals surface area contributed by atoms with E-state index in [0.717, 1.165) is 13.1 Å². The van der Waals surface area contributed by atoms with Crippen molar-refractivity contribution >= 4 is 24.0 Å². The van der Waals surface area contributed by atoms with Crippen LogP contribution in [0, 0.1) is 0 Å². The third kappa shape index (κ3) is 5.04. The molecule has 0 unspecified atom stereocenters. The molecule has 106 valence electrons. The Labute approximate surface area is 111 Å². The summed E-state index contributed by atoms with van der Waals surface area (Å²) in [7, 11) is 1.97. The highest BCUT2D eigenvalue weighted by molar-refractivity contribution is 6.37. The molecule has 19 heavy (non-hydrogen) atoms. The number of carbonyl (C=O) groups excluding carboxylic acids is 4. The fourth-order valence-electron chi connectivity index (χ4n) is 1.64. The number of hydrogen-bond acceptors (Lipinski definition) is 5. The third-order valence-corrected chi connectivity index (χ3v) is 2.86. The molecule has 1 heterocycles. The van der Waals surface area contributed by atoms with E-state index < -0.39 is 11.7 Å². The highest BCUT2D eigenvalue weighted by Gasteiger charge is 2.20. The lowest BCUT2D eigenvalue weighted by Crippen LogP contribution is -2.50. The van der Waals surface area contributed by atoms with Gasteiger partial charge in [-0.2, -0.15) is 0 Å². The molecule has 0 aromatic carbocycles. The number of carbonyl (C=O) groups is 4. The van der Waals surface area contributed by atoms with Crippen LogP contribution in [-0.4, -0.2) is 80.1 Å². The highest BCUT2D eigenvalue weighted by atomic mass is 16.2. The number of Topliss-reactive ketones (excluding diaryl/α,β-unsaturated/α-hetero) is 1. The molecule has 0 aromatic rings. The van der Waals surface area contributed by atoms with Crippen molar-refractivity contribution in [3.05, 3.63) is 0 Å². The van der Waals surface area contributed by atoms with E-state index >= 15 is 0 Å². The zero-order chi connectivity index (χ0) is 14.3. The fourth-order valence-corrected chi connectivity index (χ4v) is 1.64. The SMILES string of the molecule is CN1CCN(C(=O)CNC(=O)C(=O)CNC=O)CC1. The maximum absolute atomic E-state index is 11.8. The second-order valence-corrected chi connectivity index (χ2v) is 4.29. The van der Waals surface area contributed by atoms with Gasteiger partial charge < -0.3 is 20.4 Å². The van der Waals surface area contributed by atoms with E-state index in [2.05, 4.69) is 15.5 Å². The van der Waals surface area contributed by atoms with Gasteiger partial charge in [-0.3, -0.25) is 19.2 Å². The Morgan fingerprint density at radius 3 is 2.32 bits per heavy atom. The van der Waals surface area contributed by atoms with E-state index in [4.69, 9.17) is 0 Å². The van der Waals surface area contributed by atoms with E-state index in [1.54, 1.807) is 4.90 Å². The number of rotatable bonds is 6. The molecule has 0 atom stereocenters. The quantitative estimate of drug-likeness (QED) is 0.401. The molecule has 0 spiro atoms. The van der Waals surface area contributed by atoms with E-state index in [0.29, 0.717) is 19.5 Å². The number of ketones is 1. The van der Waals surface area contributed by atoms with Crippen molar-refractivity contribution < 1.29 is 19.2 Å². The second kappa shape index (κ2) is 7.47. The molecule has 0 aromatic heterocycles. The van der Waals surface area contributed by atoms with Crippen LogP contribution in [0.15, 0.2) is 0 Å². The Balaban J connectivity index is 2.27. The van der Waals surface area contributed by atoms with Crippen LogP contribution in [0.5, 0.6) is 0 Å². The van der Waals surface area contributed by atoms with Gasteiger partial charge in [-0.1, -0.05) is 0 Å².